The minimum absolute atomic E-state index is 0.0365. The van der Waals surface area contributed by atoms with Gasteiger partial charge in [-0.2, -0.15) is 0 Å². The second-order valence-electron chi connectivity index (χ2n) is 13.0. The molecule has 45 heavy (non-hydrogen) atoms. The van der Waals surface area contributed by atoms with Crippen LogP contribution in [0.1, 0.15) is 93.1 Å². The molecular weight excluding hydrogens is 572 g/mol. The highest BCUT2D eigenvalue weighted by atomic mass is 16.5. The number of hydrogen-bond donors (Lipinski definition) is 2. The largest absolute Gasteiger partial charge is 0.496 e. The lowest BCUT2D eigenvalue weighted by Gasteiger charge is -2.36. The van der Waals surface area contributed by atoms with E-state index in [-0.39, 0.29) is 17.9 Å². The van der Waals surface area contributed by atoms with E-state index in [4.69, 9.17) is 19.2 Å². The standard InChI is InChI=1S/C35H42N4O6/c1-21-17-26(11-14-30(21)44-2)23-5-3-22(4-6-23)19-39(34(41)25-9-12-28(13-10-25)37-32(40)35(42)43)31-18-27(15-16-36-31)29-20-45-33(38-29)24-7-8-24/h11,14-18,20,22-25,28H,3-10,12-13,19H2,1-2H3,(H,37,40)(H,42,43). The van der Waals surface area contributed by atoms with Crippen molar-refractivity contribution < 1.29 is 28.6 Å². The Morgan fingerprint density at radius 2 is 1.71 bits per heavy atom. The van der Waals surface area contributed by atoms with Crippen molar-refractivity contribution in [3.8, 4) is 17.0 Å². The molecule has 2 amide bonds. The van der Waals surface area contributed by atoms with Crippen molar-refractivity contribution in [2.24, 2.45) is 11.8 Å². The number of aliphatic carboxylic acids is 1. The van der Waals surface area contributed by atoms with Gasteiger partial charge in [0, 0.05) is 36.2 Å². The number of hydrogen-bond acceptors (Lipinski definition) is 7. The number of aromatic nitrogens is 2. The number of pyridine rings is 1. The molecule has 3 saturated carbocycles. The summed E-state index contributed by atoms with van der Waals surface area (Å²) in [6.07, 6.45) is 12.1. The SMILES string of the molecule is COc1ccc(C2CCC(CN(C(=O)C3CCC(NC(=O)C(=O)O)CC3)c3cc(-c4coc(C5CC5)n4)ccn3)CC2)cc1C. The van der Waals surface area contributed by atoms with Gasteiger partial charge in [0.15, 0.2) is 5.89 Å². The first kappa shape index (κ1) is 30.8. The summed E-state index contributed by atoms with van der Waals surface area (Å²) in [6, 6.07) is 10.1. The molecule has 3 aromatic rings. The molecule has 3 aliphatic carbocycles. The summed E-state index contributed by atoms with van der Waals surface area (Å²) in [5.41, 5.74) is 4.11. The molecule has 0 radical (unpaired) electrons. The zero-order valence-electron chi connectivity index (χ0n) is 26.0. The molecule has 0 atom stereocenters. The Kier molecular flexibility index (Phi) is 9.19. The zero-order chi connectivity index (χ0) is 31.5. The summed E-state index contributed by atoms with van der Waals surface area (Å²) in [6.45, 7) is 2.67. The van der Waals surface area contributed by atoms with Gasteiger partial charge in [0.05, 0.1) is 7.11 Å². The first-order valence-corrected chi connectivity index (χ1v) is 16.2. The predicted octanol–water partition coefficient (Wildman–Crippen LogP) is 6.00. The highest BCUT2D eigenvalue weighted by molar-refractivity contribution is 6.31. The van der Waals surface area contributed by atoms with Gasteiger partial charge in [0.25, 0.3) is 0 Å². The molecule has 6 rings (SSSR count). The first-order valence-electron chi connectivity index (χ1n) is 16.2. The van der Waals surface area contributed by atoms with Crippen molar-refractivity contribution in [1.29, 1.82) is 0 Å². The van der Waals surface area contributed by atoms with Crippen LogP contribution in [0.25, 0.3) is 11.3 Å². The van der Waals surface area contributed by atoms with E-state index in [1.54, 1.807) is 19.6 Å². The third-order valence-electron chi connectivity index (χ3n) is 9.82. The second kappa shape index (κ2) is 13.4. The zero-order valence-corrected chi connectivity index (χ0v) is 26.0. The van der Waals surface area contributed by atoms with Crippen LogP contribution in [-0.4, -0.2) is 52.6 Å². The number of carboxylic acids is 1. The van der Waals surface area contributed by atoms with Crippen LogP contribution >= 0.6 is 0 Å². The molecule has 0 saturated heterocycles. The number of nitrogens with one attached hydrogen (secondary N) is 1. The number of benzene rings is 1. The number of amides is 2. The molecule has 0 unspecified atom stereocenters. The number of anilines is 1. The monoisotopic (exact) mass is 614 g/mol. The maximum Gasteiger partial charge on any atom is 0.394 e. The summed E-state index contributed by atoms with van der Waals surface area (Å²) in [7, 11) is 1.70. The first-order chi connectivity index (χ1) is 21.8. The Balaban J connectivity index is 1.17. The van der Waals surface area contributed by atoms with E-state index in [1.165, 1.54) is 5.56 Å². The fourth-order valence-electron chi connectivity index (χ4n) is 7.00. The molecule has 1 aromatic carbocycles. The van der Waals surface area contributed by atoms with Crippen molar-refractivity contribution in [2.75, 3.05) is 18.6 Å². The van der Waals surface area contributed by atoms with Crippen LogP contribution in [0.5, 0.6) is 5.75 Å². The molecule has 10 nitrogen and oxygen atoms in total. The molecule has 3 aliphatic rings. The van der Waals surface area contributed by atoms with E-state index < -0.39 is 11.9 Å². The second-order valence-corrected chi connectivity index (χ2v) is 13.0. The summed E-state index contributed by atoms with van der Waals surface area (Å²) in [4.78, 5) is 48.1. The molecule has 10 heteroatoms. The van der Waals surface area contributed by atoms with Gasteiger partial charge in [0.1, 0.15) is 23.5 Å². The fraction of sp³-hybridized carbons (Fsp3) is 0.514. The van der Waals surface area contributed by atoms with Crippen molar-refractivity contribution in [3.63, 3.8) is 0 Å². The van der Waals surface area contributed by atoms with Gasteiger partial charge in [-0.05, 0) is 112 Å². The number of nitrogens with zero attached hydrogens (tertiary/aromatic N) is 3. The molecule has 0 spiro atoms. The smallest absolute Gasteiger partial charge is 0.394 e. The quantitative estimate of drug-likeness (QED) is 0.280. The highest BCUT2D eigenvalue weighted by Gasteiger charge is 2.34. The molecule has 238 valence electrons. The predicted molar refractivity (Wildman–Crippen MR) is 168 cm³/mol. The Labute approximate surface area is 263 Å². The molecule has 2 N–H and O–H groups in total. The Hall–Kier alpha value is -4.21. The van der Waals surface area contributed by atoms with E-state index in [9.17, 15) is 14.4 Å². The topological polar surface area (TPSA) is 135 Å². The van der Waals surface area contributed by atoms with Crippen LogP contribution in [0.15, 0.2) is 47.2 Å². The normalized spacial score (nSPS) is 23.2. The number of carbonyl (C=O) groups excluding carboxylic acids is 2. The van der Waals surface area contributed by atoms with Gasteiger partial charge in [-0.15, -0.1) is 0 Å². The average molecular weight is 615 g/mol. The number of aryl methyl sites for hydroxylation is 1. The van der Waals surface area contributed by atoms with Gasteiger partial charge >= 0.3 is 11.9 Å². The maximum absolute atomic E-state index is 14.2. The molecule has 0 bridgehead atoms. The molecule has 2 aromatic heterocycles. The van der Waals surface area contributed by atoms with Crippen molar-refractivity contribution in [3.05, 3.63) is 59.8 Å². The van der Waals surface area contributed by atoms with Crippen LogP contribution in [0.3, 0.4) is 0 Å². The summed E-state index contributed by atoms with van der Waals surface area (Å²) in [5, 5.41) is 11.5. The molecule has 3 fully saturated rings. The number of carboxylic acid groups (broad SMARTS) is 1. The van der Waals surface area contributed by atoms with Gasteiger partial charge < -0.3 is 19.6 Å². The molecule has 0 aliphatic heterocycles. The lowest BCUT2D eigenvalue weighted by molar-refractivity contribution is -0.150. The minimum Gasteiger partial charge on any atom is -0.496 e. The van der Waals surface area contributed by atoms with Crippen molar-refractivity contribution in [1.82, 2.24) is 15.3 Å². The maximum atomic E-state index is 14.2. The Bertz CT molecular complexity index is 1530. The van der Waals surface area contributed by atoms with Gasteiger partial charge in [-0.1, -0.05) is 12.1 Å². The highest BCUT2D eigenvalue weighted by Crippen LogP contribution is 2.41. The van der Waals surface area contributed by atoms with Crippen LogP contribution in [-0.2, 0) is 14.4 Å². The van der Waals surface area contributed by atoms with Crippen LogP contribution in [0, 0.1) is 18.8 Å². The van der Waals surface area contributed by atoms with E-state index in [0.717, 1.165) is 67.0 Å². The van der Waals surface area contributed by atoms with E-state index in [1.807, 2.05) is 17.0 Å². The summed E-state index contributed by atoms with van der Waals surface area (Å²) >= 11 is 0. The van der Waals surface area contributed by atoms with Gasteiger partial charge in [-0.3, -0.25) is 14.5 Å². The lowest BCUT2D eigenvalue weighted by Crippen LogP contribution is -2.45. The lowest BCUT2D eigenvalue weighted by atomic mass is 9.78. The van der Waals surface area contributed by atoms with Crippen molar-refractivity contribution in [2.45, 2.75) is 89.0 Å². The van der Waals surface area contributed by atoms with Crippen LogP contribution in [0.2, 0.25) is 0 Å². The Morgan fingerprint density at radius 3 is 2.38 bits per heavy atom. The number of oxazole rings is 1. The average Bonchev–Trinajstić information content (AvgIpc) is 3.79. The fourth-order valence-corrected chi connectivity index (χ4v) is 7.00. The van der Waals surface area contributed by atoms with Gasteiger partial charge in [-0.25, -0.2) is 14.8 Å². The Morgan fingerprint density at radius 1 is 0.978 bits per heavy atom. The van der Waals surface area contributed by atoms with Crippen molar-refractivity contribution >= 4 is 23.6 Å². The number of carbonyl (C=O) groups is 3. The third kappa shape index (κ3) is 7.21. The van der Waals surface area contributed by atoms with Gasteiger partial charge in [0.2, 0.25) is 5.91 Å². The minimum atomic E-state index is -1.49. The van der Waals surface area contributed by atoms with E-state index in [0.29, 0.717) is 55.8 Å². The van der Waals surface area contributed by atoms with E-state index >= 15 is 0 Å². The molecular formula is C35H42N4O6. The molecule has 2 heterocycles. The summed E-state index contributed by atoms with van der Waals surface area (Å²) in [5.74, 6) is 0.860. The number of methoxy groups -OCH3 is 1. The van der Waals surface area contributed by atoms with Crippen LogP contribution < -0.4 is 15.0 Å². The third-order valence-corrected chi connectivity index (χ3v) is 9.82. The number of rotatable bonds is 9. The van der Waals surface area contributed by atoms with E-state index in [2.05, 4.69) is 35.4 Å². The number of ether oxygens (including phenoxy) is 1. The van der Waals surface area contributed by atoms with Crippen LogP contribution in [0.4, 0.5) is 5.82 Å². The summed E-state index contributed by atoms with van der Waals surface area (Å²) < 4.78 is 11.2.